The van der Waals surface area contributed by atoms with Crippen LogP contribution in [0.5, 0.6) is 0 Å². The molecule has 0 spiro atoms. The summed E-state index contributed by atoms with van der Waals surface area (Å²) in [7, 11) is 0. The zero-order valence-electron chi connectivity index (χ0n) is 8.94. The lowest BCUT2D eigenvalue weighted by molar-refractivity contribution is 1.47. The van der Waals surface area contributed by atoms with Gasteiger partial charge in [0.2, 0.25) is 0 Å². The van der Waals surface area contributed by atoms with Gasteiger partial charge >= 0.3 is 0 Å². The van der Waals surface area contributed by atoms with Crippen LogP contribution >= 0.6 is 22.6 Å². The van der Waals surface area contributed by atoms with E-state index in [0.29, 0.717) is 5.56 Å². The molecule has 0 saturated heterocycles. The summed E-state index contributed by atoms with van der Waals surface area (Å²) < 4.78 is 1.12. The highest BCUT2D eigenvalue weighted by Crippen LogP contribution is 2.11. The van der Waals surface area contributed by atoms with E-state index in [0.717, 1.165) is 14.7 Å². The van der Waals surface area contributed by atoms with Gasteiger partial charge in [0, 0.05) is 14.7 Å². The van der Waals surface area contributed by atoms with Gasteiger partial charge in [0.25, 0.3) is 0 Å². The maximum atomic E-state index is 8.95. The van der Waals surface area contributed by atoms with E-state index in [1.165, 1.54) is 0 Å². The zero-order valence-corrected chi connectivity index (χ0v) is 11.1. The average Bonchev–Trinajstić information content (AvgIpc) is 2.38. The normalized spacial score (nSPS) is 8.94. The molecule has 1 nitrogen and oxygen atoms in total. The van der Waals surface area contributed by atoms with Crippen molar-refractivity contribution in [3.63, 3.8) is 0 Å². The molecule has 0 fully saturated rings. The van der Waals surface area contributed by atoms with Crippen molar-refractivity contribution < 1.29 is 0 Å². The molecule has 2 aromatic carbocycles. The molecule has 2 heteroatoms. The Kier molecular flexibility index (Phi) is 3.80. The number of benzene rings is 2. The number of rotatable bonds is 0. The summed E-state index contributed by atoms with van der Waals surface area (Å²) in [4.78, 5) is 0. The molecule has 0 radical (unpaired) electrons. The smallest absolute Gasteiger partial charge is 0.100 e. The van der Waals surface area contributed by atoms with Gasteiger partial charge in [-0.05, 0) is 46.9 Å². The molecule has 17 heavy (non-hydrogen) atoms. The molecule has 0 saturated carbocycles. The molecule has 0 unspecified atom stereocenters. The molecule has 0 heterocycles. The Morgan fingerprint density at radius 1 is 0.765 bits per heavy atom. The van der Waals surface area contributed by atoms with E-state index >= 15 is 0 Å². The van der Waals surface area contributed by atoms with E-state index in [-0.39, 0.29) is 0 Å². The van der Waals surface area contributed by atoms with Crippen molar-refractivity contribution in [1.29, 1.82) is 5.26 Å². The van der Waals surface area contributed by atoms with Gasteiger partial charge in [-0.15, -0.1) is 0 Å². The SMILES string of the molecule is N#Cc1ccccc1C#Cc1ccccc1I. The number of halogens is 1. The number of nitrogens with zero attached hydrogens (tertiary/aromatic N) is 1. The van der Waals surface area contributed by atoms with Crippen LogP contribution in [0.2, 0.25) is 0 Å². The number of hydrogen-bond donors (Lipinski definition) is 0. The van der Waals surface area contributed by atoms with Crippen LogP contribution in [-0.2, 0) is 0 Å². The van der Waals surface area contributed by atoms with Gasteiger partial charge in [-0.1, -0.05) is 36.1 Å². The monoisotopic (exact) mass is 329 g/mol. The summed E-state index contributed by atoms with van der Waals surface area (Å²) in [5.74, 6) is 6.14. The van der Waals surface area contributed by atoms with Crippen molar-refractivity contribution in [1.82, 2.24) is 0 Å². The third-order valence-corrected chi connectivity index (χ3v) is 3.19. The second kappa shape index (κ2) is 5.52. The van der Waals surface area contributed by atoms with Crippen LogP contribution < -0.4 is 0 Å². The Hall–Kier alpha value is -1.78. The van der Waals surface area contributed by atoms with Crippen molar-refractivity contribution >= 4 is 22.6 Å². The minimum atomic E-state index is 0.617. The molecule has 2 aromatic rings. The van der Waals surface area contributed by atoms with E-state index in [9.17, 15) is 0 Å². The van der Waals surface area contributed by atoms with E-state index in [2.05, 4.69) is 40.5 Å². The van der Waals surface area contributed by atoms with Crippen molar-refractivity contribution in [2.75, 3.05) is 0 Å². The molecule has 0 amide bonds. The van der Waals surface area contributed by atoms with Gasteiger partial charge in [0.15, 0.2) is 0 Å². The Labute approximate surface area is 114 Å². The Morgan fingerprint density at radius 3 is 1.94 bits per heavy atom. The predicted molar refractivity (Wildman–Crippen MR) is 76.3 cm³/mol. The molecule has 0 aromatic heterocycles. The molecule has 0 bridgehead atoms. The Morgan fingerprint density at radius 2 is 1.29 bits per heavy atom. The number of hydrogen-bond acceptors (Lipinski definition) is 1. The Bertz CT molecular complexity index is 642. The second-order valence-electron chi connectivity index (χ2n) is 3.39. The van der Waals surface area contributed by atoms with Crippen LogP contribution in [0.4, 0.5) is 0 Å². The highest BCUT2D eigenvalue weighted by atomic mass is 127. The van der Waals surface area contributed by atoms with Crippen molar-refractivity contribution in [2.45, 2.75) is 0 Å². The van der Waals surface area contributed by atoms with Crippen molar-refractivity contribution in [3.05, 3.63) is 68.8 Å². The van der Waals surface area contributed by atoms with Gasteiger partial charge in [0.1, 0.15) is 6.07 Å². The highest BCUT2D eigenvalue weighted by molar-refractivity contribution is 14.1. The largest absolute Gasteiger partial charge is 0.192 e. The minimum absolute atomic E-state index is 0.617. The molecule has 0 aliphatic heterocycles. The van der Waals surface area contributed by atoms with Crippen molar-refractivity contribution in [2.24, 2.45) is 0 Å². The van der Waals surface area contributed by atoms with Crippen LogP contribution in [0, 0.1) is 26.7 Å². The van der Waals surface area contributed by atoms with Gasteiger partial charge in [-0.25, -0.2) is 0 Å². The molecule has 0 aliphatic carbocycles. The highest BCUT2D eigenvalue weighted by Gasteiger charge is 1.96. The fourth-order valence-corrected chi connectivity index (χ4v) is 1.91. The summed E-state index contributed by atoms with van der Waals surface area (Å²) in [5.41, 5.74) is 2.38. The first-order chi connectivity index (χ1) is 8.31. The summed E-state index contributed by atoms with van der Waals surface area (Å²) >= 11 is 2.25. The fourth-order valence-electron chi connectivity index (χ4n) is 1.39. The first-order valence-electron chi connectivity index (χ1n) is 5.07. The van der Waals surface area contributed by atoms with E-state index in [1.807, 2.05) is 42.5 Å². The van der Waals surface area contributed by atoms with Gasteiger partial charge < -0.3 is 0 Å². The van der Waals surface area contributed by atoms with Gasteiger partial charge in [-0.2, -0.15) is 5.26 Å². The average molecular weight is 329 g/mol. The summed E-state index contributed by atoms with van der Waals surface area (Å²) in [6.07, 6.45) is 0. The van der Waals surface area contributed by atoms with E-state index in [4.69, 9.17) is 5.26 Å². The standard InChI is InChI=1S/C15H8IN/c16-15-8-4-3-6-13(15)10-9-12-5-1-2-7-14(12)11-17/h1-8H. The maximum Gasteiger partial charge on any atom is 0.100 e. The molecule has 2 rings (SSSR count). The van der Waals surface area contributed by atoms with Crippen LogP contribution in [0.25, 0.3) is 0 Å². The minimum Gasteiger partial charge on any atom is -0.192 e. The van der Waals surface area contributed by atoms with Crippen LogP contribution in [0.3, 0.4) is 0 Å². The van der Waals surface area contributed by atoms with Crippen LogP contribution in [0.15, 0.2) is 48.5 Å². The van der Waals surface area contributed by atoms with Crippen LogP contribution in [0.1, 0.15) is 16.7 Å². The lowest BCUT2D eigenvalue weighted by Crippen LogP contribution is -1.83. The van der Waals surface area contributed by atoms with E-state index in [1.54, 1.807) is 6.07 Å². The topological polar surface area (TPSA) is 23.8 Å². The zero-order chi connectivity index (χ0) is 12.1. The second-order valence-corrected chi connectivity index (χ2v) is 4.55. The predicted octanol–water partition coefficient (Wildman–Crippen LogP) is 3.56. The van der Waals surface area contributed by atoms with Gasteiger partial charge in [0.05, 0.1) is 5.56 Å². The van der Waals surface area contributed by atoms with E-state index < -0.39 is 0 Å². The molecule has 80 valence electrons. The molecule has 0 atom stereocenters. The fraction of sp³-hybridized carbons (Fsp3) is 0. The summed E-state index contributed by atoms with van der Waals surface area (Å²) in [6.45, 7) is 0. The molecule has 0 aliphatic rings. The molecular weight excluding hydrogens is 321 g/mol. The Balaban J connectivity index is 2.41. The maximum absolute atomic E-state index is 8.95. The summed E-state index contributed by atoms with van der Waals surface area (Å²) in [5, 5.41) is 8.95. The third kappa shape index (κ3) is 2.87. The lowest BCUT2D eigenvalue weighted by atomic mass is 10.1. The quantitative estimate of drug-likeness (QED) is 0.536. The van der Waals surface area contributed by atoms with Crippen LogP contribution in [-0.4, -0.2) is 0 Å². The third-order valence-electron chi connectivity index (χ3n) is 2.25. The van der Waals surface area contributed by atoms with Crippen molar-refractivity contribution in [3.8, 4) is 17.9 Å². The first-order valence-corrected chi connectivity index (χ1v) is 6.15. The number of nitriles is 1. The lowest BCUT2D eigenvalue weighted by Gasteiger charge is -1.95. The van der Waals surface area contributed by atoms with Gasteiger partial charge in [-0.3, -0.25) is 0 Å². The summed E-state index contributed by atoms with van der Waals surface area (Å²) in [6, 6.07) is 17.4. The molecule has 0 N–H and O–H groups in total. The molecular formula is C15H8IN. The first kappa shape index (κ1) is 11.7.